The summed E-state index contributed by atoms with van der Waals surface area (Å²) in [7, 11) is 1.30. The fourth-order valence-electron chi connectivity index (χ4n) is 2.46. The highest BCUT2D eigenvalue weighted by atomic mass is 16.5. The van der Waals surface area contributed by atoms with E-state index < -0.39 is 30.4 Å². The zero-order valence-electron chi connectivity index (χ0n) is 17.1. The van der Waals surface area contributed by atoms with Gasteiger partial charge in [-0.25, -0.2) is 4.79 Å². The summed E-state index contributed by atoms with van der Waals surface area (Å²) < 4.78 is 9.47. The molecule has 0 aliphatic rings. The minimum Gasteiger partial charge on any atom is -0.465 e. The highest BCUT2D eigenvalue weighted by Gasteiger charge is 2.11. The van der Waals surface area contributed by atoms with Gasteiger partial charge in [-0.05, 0) is 54.8 Å². The molecule has 0 aliphatic heterocycles. The average Bonchev–Trinajstić information content (AvgIpc) is 2.76. The minimum absolute atomic E-state index is 0.210. The van der Waals surface area contributed by atoms with Crippen LogP contribution in [0.2, 0.25) is 0 Å². The molecule has 0 saturated heterocycles. The fraction of sp³-hybridized carbons (Fsp3) is 0.273. The van der Waals surface area contributed by atoms with Crippen LogP contribution in [-0.4, -0.2) is 44.0 Å². The van der Waals surface area contributed by atoms with Crippen molar-refractivity contribution in [1.82, 2.24) is 10.6 Å². The highest BCUT2D eigenvalue weighted by Crippen LogP contribution is 2.09. The number of carbonyl (C=O) groups excluding carboxylic acids is 4. The first kappa shape index (κ1) is 22.6. The molecule has 0 bridgehead atoms. The Kier molecular flexibility index (Phi) is 8.10. The number of amides is 2. The van der Waals surface area contributed by atoms with Gasteiger partial charge < -0.3 is 20.1 Å². The molecular formula is C22H24N2O6. The maximum Gasteiger partial charge on any atom is 0.337 e. The van der Waals surface area contributed by atoms with Gasteiger partial charge in [-0.1, -0.05) is 18.2 Å². The van der Waals surface area contributed by atoms with Crippen molar-refractivity contribution < 1.29 is 28.7 Å². The second kappa shape index (κ2) is 10.8. The molecule has 0 aliphatic carbocycles. The first-order chi connectivity index (χ1) is 14.3. The van der Waals surface area contributed by atoms with Crippen LogP contribution in [0.15, 0.2) is 42.5 Å². The van der Waals surface area contributed by atoms with Gasteiger partial charge >= 0.3 is 11.9 Å². The van der Waals surface area contributed by atoms with Gasteiger partial charge in [0.05, 0.1) is 12.7 Å². The molecule has 30 heavy (non-hydrogen) atoms. The third-order valence-electron chi connectivity index (χ3n) is 4.39. The molecule has 158 valence electrons. The van der Waals surface area contributed by atoms with E-state index in [1.807, 2.05) is 19.9 Å². The van der Waals surface area contributed by atoms with Crippen molar-refractivity contribution in [3.63, 3.8) is 0 Å². The first-order valence-corrected chi connectivity index (χ1v) is 9.25. The number of hydrogen-bond donors (Lipinski definition) is 2. The molecule has 0 unspecified atom stereocenters. The van der Waals surface area contributed by atoms with Crippen molar-refractivity contribution in [2.24, 2.45) is 0 Å². The number of aryl methyl sites for hydroxylation is 2. The third-order valence-corrected chi connectivity index (χ3v) is 4.39. The predicted octanol–water partition coefficient (Wildman–Crippen LogP) is 1.68. The molecule has 0 aromatic heterocycles. The van der Waals surface area contributed by atoms with Gasteiger partial charge in [-0.2, -0.15) is 0 Å². The van der Waals surface area contributed by atoms with Crippen LogP contribution in [0.3, 0.4) is 0 Å². The Balaban J connectivity index is 1.70. The van der Waals surface area contributed by atoms with E-state index in [1.54, 1.807) is 36.4 Å². The van der Waals surface area contributed by atoms with Crippen LogP contribution < -0.4 is 10.6 Å². The van der Waals surface area contributed by atoms with E-state index in [-0.39, 0.29) is 13.1 Å². The lowest BCUT2D eigenvalue weighted by molar-refractivity contribution is -0.147. The Morgan fingerprint density at radius 1 is 0.867 bits per heavy atom. The number of nitrogens with one attached hydrogen (secondary N) is 2. The summed E-state index contributed by atoms with van der Waals surface area (Å²) in [4.78, 5) is 47.0. The number of methoxy groups -OCH3 is 1. The van der Waals surface area contributed by atoms with Crippen molar-refractivity contribution >= 4 is 23.8 Å². The van der Waals surface area contributed by atoms with Crippen molar-refractivity contribution in [2.75, 3.05) is 20.3 Å². The molecule has 0 saturated carbocycles. The molecule has 2 aromatic rings. The van der Waals surface area contributed by atoms with Crippen molar-refractivity contribution in [3.8, 4) is 0 Å². The summed E-state index contributed by atoms with van der Waals surface area (Å²) in [6.45, 7) is 3.25. The summed E-state index contributed by atoms with van der Waals surface area (Å²) in [6.07, 6.45) is 0. The quantitative estimate of drug-likeness (QED) is 0.638. The van der Waals surface area contributed by atoms with E-state index in [4.69, 9.17) is 4.74 Å². The van der Waals surface area contributed by atoms with E-state index in [0.29, 0.717) is 11.1 Å². The molecule has 2 aromatic carbocycles. The number of benzene rings is 2. The average molecular weight is 412 g/mol. The Morgan fingerprint density at radius 2 is 1.53 bits per heavy atom. The fourth-order valence-corrected chi connectivity index (χ4v) is 2.46. The normalized spacial score (nSPS) is 10.1. The highest BCUT2D eigenvalue weighted by molar-refractivity contribution is 5.96. The van der Waals surface area contributed by atoms with Crippen LogP contribution in [0.5, 0.6) is 0 Å². The zero-order chi connectivity index (χ0) is 22.1. The second-order valence-corrected chi connectivity index (χ2v) is 6.61. The second-order valence-electron chi connectivity index (χ2n) is 6.61. The van der Waals surface area contributed by atoms with Crippen LogP contribution in [0, 0.1) is 13.8 Å². The smallest absolute Gasteiger partial charge is 0.337 e. The molecule has 0 fully saturated rings. The van der Waals surface area contributed by atoms with Crippen molar-refractivity contribution in [2.45, 2.75) is 20.4 Å². The predicted molar refractivity (Wildman–Crippen MR) is 109 cm³/mol. The summed E-state index contributed by atoms with van der Waals surface area (Å²) in [5, 5.41) is 5.06. The maximum atomic E-state index is 12.1. The molecule has 0 heterocycles. The summed E-state index contributed by atoms with van der Waals surface area (Å²) in [6, 6.07) is 11.8. The SMILES string of the molecule is COC(=O)c1ccc(CNC(=O)COC(=O)CNC(=O)c2ccc(C)c(C)c2)cc1. The van der Waals surface area contributed by atoms with Gasteiger partial charge in [0.2, 0.25) is 0 Å². The Bertz CT molecular complexity index is 937. The lowest BCUT2D eigenvalue weighted by atomic mass is 10.1. The van der Waals surface area contributed by atoms with Crippen LogP contribution in [0.25, 0.3) is 0 Å². The van der Waals surface area contributed by atoms with E-state index >= 15 is 0 Å². The number of ether oxygens (including phenoxy) is 2. The molecule has 0 radical (unpaired) electrons. The van der Waals surface area contributed by atoms with Gasteiger partial charge in [0.15, 0.2) is 6.61 Å². The molecular weight excluding hydrogens is 388 g/mol. The standard InChI is InChI=1S/C22H24N2O6/c1-14-4-7-18(10-15(14)2)21(27)24-12-20(26)30-13-19(25)23-11-16-5-8-17(9-6-16)22(28)29-3/h4-10H,11-13H2,1-3H3,(H,23,25)(H,24,27). The van der Waals surface area contributed by atoms with E-state index in [1.165, 1.54) is 7.11 Å². The topological polar surface area (TPSA) is 111 Å². The van der Waals surface area contributed by atoms with Gasteiger partial charge in [-0.15, -0.1) is 0 Å². The lowest BCUT2D eigenvalue weighted by Crippen LogP contribution is -2.33. The summed E-state index contributed by atoms with van der Waals surface area (Å²) in [5.41, 5.74) is 3.66. The number of esters is 2. The Labute approximate surface area is 174 Å². The number of rotatable bonds is 8. The first-order valence-electron chi connectivity index (χ1n) is 9.25. The molecule has 8 nitrogen and oxygen atoms in total. The molecule has 2 amide bonds. The molecule has 0 spiro atoms. The molecule has 2 rings (SSSR count). The molecule has 2 N–H and O–H groups in total. The van der Waals surface area contributed by atoms with E-state index in [9.17, 15) is 19.2 Å². The van der Waals surface area contributed by atoms with Crippen LogP contribution in [-0.2, 0) is 25.6 Å². The van der Waals surface area contributed by atoms with E-state index in [2.05, 4.69) is 15.4 Å². The molecule has 8 heteroatoms. The van der Waals surface area contributed by atoms with Gasteiger partial charge in [-0.3, -0.25) is 14.4 Å². The zero-order valence-corrected chi connectivity index (χ0v) is 17.1. The monoisotopic (exact) mass is 412 g/mol. The minimum atomic E-state index is -0.718. The van der Waals surface area contributed by atoms with Gasteiger partial charge in [0.1, 0.15) is 6.54 Å². The van der Waals surface area contributed by atoms with Crippen molar-refractivity contribution in [3.05, 3.63) is 70.3 Å². The van der Waals surface area contributed by atoms with Crippen LogP contribution in [0.4, 0.5) is 0 Å². The Morgan fingerprint density at radius 3 is 2.17 bits per heavy atom. The summed E-state index contributed by atoms with van der Waals surface area (Å²) >= 11 is 0. The van der Waals surface area contributed by atoms with Gasteiger partial charge in [0.25, 0.3) is 11.8 Å². The largest absolute Gasteiger partial charge is 0.465 e. The third kappa shape index (κ3) is 6.73. The number of hydrogen-bond acceptors (Lipinski definition) is 6. The maximum absolute atomic E-state index is 12.1. The van der Waals surface area contributed by atoms with Crippen LogP contribution in [0.1, 0.15) is 37.4 Å². The molecule has 0 atom stereocenters. The van der Waals surface area contributed by atoms with E-state index in [0.717, 1.165) is 16.7 Å². The number of carbonyl (C=O) groups is 4. The van der Waals surface area contributed by atoms with Crippen molar-refractivity contribution in [1.29, 1.82) is 0 Å². The lowest BCUT2D eigenvalue weighted by Gasteiger charge is -2.09. The van der Waals surface area contributed by atoms with Gasteiger partial charge in [0, 0.05) is 12.1 Å². The van der Waals surface area contributed by atoms with Crippen LogP contribution >= 0.6 is 0 Å². The summed E-state index contributed by atoms with van der Waals surface area (Å²) in [5.74, 6) is -2.04. The Hall–Kier alpha value is -3.68.